The molecular formula is C25H23N3O3. The minimum atomic E-state index is -0.880. The van der Waals surface area contributed by atoms with Crippen molar-refractivity contribution in [1.29, 1.82) is 0 Å². The summed E-state index contributed by atoms with van der Waals surface area (Å²) in [6.45, 7) is 0.403. The molecule has 1 fully saturated rings. The van der Waals surface area contributed by atoms with Gasteiger partial charge in [0.2, 0.25) is 0 Å². The van der Waals surface area contributed by atoms with Crippen molar-refractivity contribution in [2.45, 2.75) is 25.6 Å². The fraction of sp³-hybridized carbons (Fsp3) is 0.160. The van der Waals surface area contributed by atoms with Gasteiger partial charge in [0.15, 0.2) is 0 Å². The Labute approximate surface area is 181 Å². The van der Waals surface area contributed by atoms with Crippen molar-refractivity contribution < 1.29 is 14.4 Å². The topological polar surface area (TPSA) is 69.7 Å². The third kappa shape index (κ3) is 4.64. The van der Waals surface area contributed by atoms with Crippen molar-refractivity contribution in [1.82, 2.24) is 15.1 Å². The van der Waals surface area contributed by atoms with Crippen LogP contribution in [0, 0.1) is 0 Å². The fourth-order valence-electron chi connectivity index (χ4n) is 3.66. The number of urea groups is 2. The van der Waals surface area contributed by atoms with Gasteiger partial charge in [-0.05, 0) is 16.7 Å². The molecule has 0 unspecified atom stereocenters. The van der Waals surface area contributed by atoms with Crippen molar-refractivity contribution >= 4 is 18.0 Å². The van der Waals surface area contributed by atoms with Crippen LogP contribution in [0.2, 0.25) is 0 Å². The Kier molecular flexibility index (Phi) is 6.08. The summed E-state index contributed by atoms with van der Waals surface area (Å²) in [5.74, 6) is -0.368. The second-order valence-corrected chi connectivity index (χ2v) is 7.41. The first-order valence-corrected chi connectivity index (χ1v) is 10.2. The van der Waals surface area contributed by atoms with Gasteiger partial charge in [0.1, 0.15) is 6.04 Å². The number of rotatable bonds is 6. The van der Waals surface area contributed by atoms with Crippen molar-refractivity contribution in [2.24, 2.45) is 0 Å². The van der Waals surface area contributed by atoms with Gasteiger partial charge in [0.05, 0.1) is 6.54 Å². The third-order valence-corrected chi connectivity index (χ3v) is 5.26. The van der Waals surface area contributed by atoms with Gasteiger partial charge in [-0.15, -0.1) is 0 Å². The molecule has 6 heteroatoms. The van der Waals surface area contributed by atoms with Crippen LogP contribution in [-0.4, -0.2) is 33.8 Å². The smallest absolute Gasteiger partial charge is 0.333 e. The molecule has 1 heterocycles. The first-order chi connectivity index (χ1) is 15.1. The molecule has 0 saturated carbocycles. The van der Waals surface area contributed by atoms with E-state index in [0.29, 0.717) is 0 Å². The molecule has 0 spiro atoms. The lowest BCUT2D eigenvalue weighted by atomic mass is 10.1. The van der Waals surface area contributed by atoms with Gasteiger partial charge in [-0.3, -0.25) is 9.69 Å². The maximum atomic E-state index is 13.2. The van der Waals surface area contributed by atoms with Gasteiger partial charge in [-0.25, -0.2) is 14.5 Å². The van der Waals surface area contributed by atoms with Gasteiger partial charge < -0.3 is 5.32 Å². The van der Waals surface area contributed by atoms with E-state index < -0.39 is 18.1 Å². The normalized spacial score (nSPS) is 15.9. The Morgan fingerprint density at radius 3 is 1.84 bits per heavy atom. The number of hydrogen-bond acceptors (Lipinski definition) is 3. The number of hydrogen-bond donors (Lipinski definition) is 1. The summed E-state index contributed by atoms with van der Waals surface area (Å²) in [6, 6.07) is 26.1. The molecule has 1 aliphatic heterocycles. The molecule has 1 saturated heterocycles. The molecule has 3 aromatic rings. The number of benzene rings is 3. The van der Waals surface area contributed by atoms with Crippen molar-refractivity contribution in [3.05, 3.63) is 108 Å². The van der Waals surface area contributed by atoms with Crippen LogP contribution < -0.4 is 5.32 Å². The van der Waals surface area contributed by atoms with Crippen LogP contribution >= 0.6 is 0 Å². The predicted octanol–water partition coefficient (Wildman–Crippen LogP) is 3.97. The molecule has 156 valence electrons. The lowest BCUT2D eigenvalue weighted by molar-refractivity contribution is -0.128. The fourth-order valence-corrected chi connectivity index (χ4v) is 3.66. The van der Waals surface area contributed by atoms with E-state index in [2.05, 4.69) is 5.32 Å². The van der Waals surface area contributed by atoms with Crippen LogP contribution in [0.5, 0.6) is 0 Å². The Bertz CT molecular complexity index is 1060. The average Bonchev–Trinajstić information content (AvgIpc) is 3.04. The van der Waals surface area contributed by atoms with Crippen LogP contribution in [0.1, 0.15) is 16.7 Å². The number of nitrogens with one attached hydrogen (secondary N) is 1. The number of carbonyl (C=O) groups excluding carboxylic acids is 3. The summed E-state index contributed by atoms with van der Waals surface area (Å²) >= 11 is 0. The summed E-state index contributed by atoms with van der Waals surface area (Å²) in [5.41, 5.74) is 2.62. The molecule has 0 aromatic heterocycles. The van der Waals surface area contributed by atoms with Crippen molar-refractivity contribution in [3.8, 4) is 0 Å². The summed E-state index contributed by atoms with van der Waals surface area (Å²) in [6.07, 6.45) is 0.273. The predicted molar refractivity (Wildman–Crippen MR) is 117 cm³/mol. The molecule has 0 bridgehead atoms. The second kappa shape index (κ2) is 9.26. The van der Waals surface area contributed by atoms with E-state index in [1.807, 2.05) is 91.0 Å². The van der Waals surface area contributed by atoms with Crippen LogP contribution in [0.15, 0.2) is 91.0 Å². The molecular weight excluding hydrogens is 390 g/mol. The first kappa shape index (κ1) is 20.3. The van der Waals surface area contributed by atoms with E-state index in [9.17, 15) is 14.4 Å². The molecule has 1 atom stereocenters. The van der Waals surface area contributed by atoms with E-state index in [1.165, 1.54) is 0 Å². The third-order valence-electron chi connectivity index (χ3n) is 5.26. The molecule has 1 N–H and O–H groups in total. The van der Waals surface area contributed by atoms with Crippen LogP contribution in [0.4, 0.5) is 9.59 Å². The van der Waals surface area contributed by atoms with E-state index in [1.54, 1.807) is 0 Å². The number of amides is 5. The highest BCUT2D eigenvalue weighted by atomic mass is 16.2. The standard InChI is InChI=1S/C25H23N3O3/c29-23-22(16-19-10-4-1-5-11-19)28(24(30)26-17-20-12-6-2-7-13-20)25(31)27(23)18-21-14-8-3-9-15-21/h1-15,22H,16-18H2,(H,26,30)/t22-/m0/s1. The highest BCUT2D eigenvalue weighted by molar-refractivity contribution is 6.11. The monoisotopic (exact) mass is 413 g/mol. The highest BCUT2D eigenvalue weighted by Crippen LogP contribution is 2.24. The van der Waals surface area contributed by atoms with Crippen LogP contribution in [0.25, 0.3) is 0 Å². The van der Waals surface area contributed by atoms with E-state index in [4.69, 9.17) is 0 Å². The maximum absolute atomic E-state index is 13.2. The SMILES string of the molecule is O=C1[C@H](Cc2ccccc2)N(C(=O)NCc2ccccc2)C(=O)N1Cc1ccccc1. The number of imide groups is 2. The Hall–Kier alpha value is -3.93. The highest BCUT2D eigenvalue weighted by Gasteiger charge is 2.48. The minimum Gasteiger partial charge on any atom is -0.333 e. The zero-order valence-corrected chi connectivity index (χ0v) is 17.0. The van der Waals surface area contributed by atoms with Gasteiger partial charge >= 0.3 is 12.1 Å². The molecule has 4 rings (SSSR count). The van der Waals surface area contributed by atoms with Gasteiger partial charge in [-0.2, -0.15) is 0 Å². The molecule has 3 aromatic carbocycles. The molecule has 1 aliphatic rings. The van der Waals surface area contributed by atoms with Gasteiger partial charge in [-0.1, -0.05) is 91.0 Å². The molecule has 0 aliphatic carbocycles. The minimum absolute atomic E-state index is 0.131. The summed E-state index contributed by atoms with van der Waals surface area (Å²) < 4.78 is 0. The lowest BCUT2D eigenvalue weighted by Crippen LogP contribution is -2.47. The Morgan fingerprint density at radius 1 is 0.742 bits per heavy atom. The molecule has 31 heavy (non-hydrogen) atoms. The Balaban J connectivity index is 1.56. The first-order valence-electron chi connectivity index (χ1n) is 10.2. The second-order valence-electron chi connectivity index (χ2n) is 7.41. The lowest BCUT2D eigenvalue weighted by Gasteiger charge is -2.20. The van der Waals surface area contributed by atoms with Crippen LogP contribution in [-0.2, 0) is 24.3 Å². The van der Waals surface area contributed by atoms with E-state index in [-0.39, 0.29) is 25.4 Å². The number of nitrogens with zero attached hydrogens (tertiary/aromatic N) is 2. The van der Waals surface area contributed by atoms with Gasteiger partial charge in [0, 0.05) is 13.0 Å². The molecule has 6 nitrogen and oxygen atoms in total. The average molecular weight is 413 g/mol. The molecule has 0 radical (unpaired) electrons. The van der Waals surface area contributed by atoms with E-state index >= 15 is 0 Å². The van der Waals surface area contributed by atoms with E-state index in [0.717, 1.165) is 26.5 Å². The van der Waals surface area contributed by atoms with Crippen molar-refractivity contribution in [3.63, 3.8) is 0 Å². The number of carbonyl (C=O) groups is 3. The zero-order valence-electron chi connectivity index (χ0n) is 17.0. The quantitative estimate of drug-likeness (QED) is 0.622. The zero-order chi connectivity index (χ0) is 21.6. The Morgan fingerprint density at radius 2 is 1.26 bits per heavy atom. The largest absolute Gasteiger partial charge is 0.335 e. The summed E-state index contributed by atoms with van der Waals surface area (Å²) in [7, 11) is 0. The summed E-state index contributed by atoms with van der Waals surface area (Å²) in [5, 5.41) is 2.78. The van der Waals surface area contributed by atoms with Gasteiger partial charge in [0.25, 0.3) is 5.91 Å². The maximum Gasteiger partial charge on any atom is 0.335 e. The van der Waals surface area contributed by atoms with Crippen LogP contribution in [0.3, 0.4) is 0 Å². The van der Waals surface area contributed by atoms with Crippen molar-refractivity contribution in [2.75, 3.05) is 0 Å². The molecule has 5 amide bonds. The summed E-state index contributed by atoms with van der Waals surface area (Å²) in [4.78, 5) is 41.5.